The van der Waals surface area contributed by atoms with E-state index in [0.717, 1.165) is 12.0 Å². The first-order chi connectivity index (χ1) is 12.2. The molecule has 0 saturated heterocycles. The first-order valence-corrected chi connectivity index (χ1v) is 11.3. The van der Waals surface area contributed by atoms with Crippen LogP contribution in [0.25, 0.3) is 0 Å². The van der Waals surface area contributed by atoms with Crippen molar-refractivity contribution in [1.82, 2.24) is 5.32 Å². The van der Waals surface area contributed by atoms with E-state index in [9.17, 15) is 18.0 Å². The summed E-state index contributed by atoms with van der Waals surface area (Å²) in [5.41, 5.74) is 1.61. The zero-order valence-corrected chi connectivity index (χ0v) is 17.7. The normalized spacial score (nSPS) is 14.8. The van der Waals surface area contributed by atoms with Gasteiger partial charge in [-0.3, -0.25) is 9.59 Å². The van der Waals surface area contributed by atoms with Gasteiger partial charge in [0, 0.05) is 35.6 Å². The Labute approximate surface area is 163 Å². The fraction of sp³-hybridized carbons (Fsp3) is 0.556. The van der Waals surface area contributed by atoms with Gasteiger partial charge in [0.15, 0.2) is 9.84 Å². The summed E-state index contributed by atoms with van der Waals surface area (Å²) >= 11 is 3.34. The molecule has 0 aromatic heterocycles. The van der Waals surface area contributed by atoms with Gasteiger partial charge in [0.05, 0.1) is 10.6 Å². The lowest BCUT2D eigenvalue weighted by Crippen LogP contribution is -2.33. The predicted octanol–water partition coefficient (Wildman–Crippen LogP) is 2.83. The van der Waals surface area contributed by atoms with Crippen molar-refractivity contribution in [3.63, 3.8) is 0 Å². The van der Waals surface area contributed by atoms with Crippen molar-refractivity contribution in [1.29, 1.82) is 0 Å². The highest BCUT2D eigenvalue weighted by molar-refractivity contribution is 9.10. The Morgan fingerprint density at radius 3 is 2.62 bits per heavy atom. The summed E-state index contributed by atoms with van der Waals surface area (Å²) in [6, 6.07) is 3.34. The molecular weight excluding hydrogens is 420 g/mol. The number of nitrogens with zero attached hydrogens (tertiary/aromatic N) is 1. The molecule has 1 N–H and O–H groups in total. The average molecular weight is 445 g/mol. The second kappa shape index (κ2) is 8.52. The van der Waals surface area contributed by atoms with E-state index in [1.165, 1.54) is 0 Å². The number of carbonyl (C=O) groups is 2. The molecule has 0 bridgehead atoms. The Bertz CT molecular complexity index is 808. The Kier molecular flexibility index (Phi) is 6.85. The number of hydrogen-bond donors (Lipinski definition) is 1. The molecule has 0 saturated carbocycles. The van der Waals surface area contributed by atoms with Crippen LogP contribution in [-0.2, 0) is 25.8 Å². The van der Waals surface area contributed by atoms with Gasteiger partial charge < -0.3 is 10.2 Å². The Hall–Kier alpha value is -1.41. The molecule has 1 unspecified atom stereocenters. The van der Waals surface area contributed by atoms with Gasteiger partial charge in [0.2, 0.25) is 11.8 Å². The molecule has 2 amide bonds. The minimum absolute atomic E-state index is 0.0190. The standard InChI is InChI=1S/C18H25BrN2O4S/c1-4-12(3)20-17(22)7-9-26(24,25)16-11-15-13(10-14(16)19)6-8-21(15)18(23)5-2/h10-12H,4-9H2,1-3H3,(H,20,22). The quantitative estimate of drug-likeness (QED) is 0.700. The molecule has 144 valence electrons. The molecule has 6 nitrogen and oxygen atoms in total. The van der Waals surface area contributed by atoms with Crippen molar-refractivity contribution >= 4 is 43.3 Å². The topological polar surface area (TPSA) is 83.6 Å². The Morgan fingerprint density at radius 2 is 2.00 bits per heavy atom. The van der Waals surface area contributed by atoms with Crippen LogP contribution < -0.4 is 10.2 Å². The lowest BCUT2D eigenvalue weighted by molar-refractivity contribution is -0.121. The third-order valence-corrected chi connectivity index (χ3v) is 7.25. The lowest BCUT2D eigenvalue weighted by Gasteiger charge is -2.18. The third kappa shape index (κ3) is 4.65. The van der Waals surface area contributed by atoms with Crippen molar-refractivity contribution in [2.24, 2.45) is 0 Å². The van der Waals surface area contributed by atoms with E-state index in [4.69, 9.17) is 0 Å². The Balaban J connectivity index is 2.22. The summed E-state index contributed by atoms with van der Waals surface area (Å²) < 4.78 is 26.0. The first-order valence-electron chi connectivity index (χ1n) is 8.84. The van der Waals surface area contributed by atoms with E-state index >= 15 is 0 Å². The van der Waals surface area contributed by atoms with Crippen LogP contribution in [-0.4, -0.2) is 38.6 Å². The van der Waals surface area contributed by atoms with Crippen molar-refractivity contribution < 1.29 is 18.0 Å². The molecule has 26 heavy (non-hydrogen) atoms. The van der Waals surface area contributed by atoms with E-state index < -0.39 is 9.84 Å². The number of sulfone groups is 1. The van der Waals surface area contributed by atoms with E-state index in [0.29, 0.717) is 29.5 Å². The van der Waals surface area contributed by atoms with Crippen LogP contribution in [0.3, 0.4) is 0 Å². The highest BCUT2D eigenvalue weighted by Gasteiger charge is 2.28. The number of rotatable bonds is 7. The SMILES string of the molecule is CCC(=O)N1CCc2cc(Br)c(S(=O)(=O)CCC(=O)NC(C)CC)cc21. The smallest absolute Gasteiger partial charge is 0.226 e. The third-order valence-electron chi connectivity index (χ3n) is 4.58. The van der Waals surface area contributed by atoms with Crippen molar-refractivity contribution in [2.45, 2.75) is 57.4 Å². The molecule has 0 fully saturated rings. The number of amides is 2. The average Bonchev–Trinajstić information content (AvgIpc) is 3.01. The molecule has 1 atom stereocenters. The lowest BCUT2D eigenvalue weighted by atomic mass is 10.2. The molecule has 1 aliphatic rings. The molecule has 0 radical (unpaired) electrons. The monoisotopic (exact) mass is 444 g/mol. The molecular formula is C18H25BrN2O4S. The van der Waals surface area contributed by atoms with E-state index in [-0.39, 0.29) is 34.9 Å². The maximum atomic E-state index is 12.7. The molecule has 1 aromatic carbocycles. The number of carbonyl (C=O) groups excluding carboxylic acids is 2. The number of fused-ring (bicyclic) bond motifs is 1. The van der Waals surface area contributed by atoms with Gasteiger partial charge >= 0.3 is 0 Å². The number of nitrogens with one attached hydrogen (secondary N) is 1. The van der Waals surface area contributed by atoms with Crippen molar-refractivity contribution in [3.8, 4) is 0 Å². The maximum absolute atomic E-state index is 12.7. The van der Waals surface area contributed by atoms with Crippen LogP contribution in [0, 0.1) is 0 Å². The van der Waals surface area contributed by atoms with Gasteiger partial charge in [0.1, 0.15) is 0 Å². The van der Waals surface area contributed by atoms with Crippen LogP contribution in [0.15, 0.2) is 21.5 Å². The largest absolute Gasteiger partial charge is 0.354 e. The molecule has 2 rings (SSSR count). The second-order valence-corrected chi connectivity index (χ2v) is 9.44. The minimum atomic E-state index is -3.65. The van der Waals surface area contributed by atoms with Gasteiger partial charge in [-0.15, -0.1) is 0 Å². The van der Waals surface area contributed by atoms with Crippen LogP contribution >= 0.6 is 15.9 Å². The van der Waals surface area contributed by atoms with E-state index in [1.54, 1.807) is 24.0 Å². The number of anilines is 1. The van der Waals surface area contributed by atoms with Gasteiger partial charge in [-0.1, -0.05) is 13.8 Å². The van der Waals surface area contributed by atoms with Gasteiger partial charge in [-0.2, -0.15) is 0 Å². The zero-order valence-electron chi connectivity index (χ0n) is 15.3. The minimum Gasteiger partial charge on any atom is -0.354 e. The fourth-order valence-corrected chi connectivity index (χ4v) is 5.31. The van der Waals surface area contributed by atoms with E-state index in [2.05, 4.69) is 21.2 Å². The summed E-state index contributed by atoms with van der Waals surface area (Å²) in [5.74, 6) is -0.570. The van der Waals surface area contributed by atoms with Crippen LogP contribution in [0.4, 0.5) is 5.69 Å². The molecule has 8 heteroatoms. The summed E-state index contributed by atoms with van der Waals surface area (Å²) in [7, 11) is -3.65. The van der Waals surface area contributed by atoms with Gasteiger partial charge in [0.25, 0.3) is 0 Å². The summed E-state index contributed by atoms with van der Waals surface area (Å²) in [5, 5.41) is 2.77. The fourth-order valence-electron chi connectivity index (χ4n) is 2.86. The molecule has 0 spiro atoms. The first kappa shape index (κ1) is 20.9. The van der Waals surface area contributed by atoms with Crippen molar-refractivity contribution in [2.75, 3.05) is 17.2 Å². The molecule has 0 aliphatic carbocycles. The molecule has 1 aromatic rings. The van der Waals surface area contributed by atoms with Crippen molar-refractivity contribution in [3.05, 3.63) is 22.2 Å². The summed E-state index contributed by atoms with van der Waals surface area (Å²) in [6.07, 6.45) is 1.77. The molecule has 1 aliphatic heterocycles. The van der Waals surface area contributed by atoms with Gasteiger partial charge in [-0.25, -0.2) is 8.42 Å². The number of hydrogen-bond acceptors (Lipinski definition) is 4. The highest BCUT2D eigenvalue weighted by atomic mass is 79.9. The number of benzene rings is 1. The van der Waals surface area contributed by atoms with E-state index in [1.807, 2.05) is 13.8 Å². The predicted molar refractivity (Wildman–Crippen MR) is 105 cm³/mol. The van der Waals surface area contributed by atoms with Crippen LogP contribution in [0.5, 0.6) is 0 Å². The highest BCUT2D eigenvalue weighted by Crippen LogP contribution is 2.36. The summed E-state index contributed by atoms with van der Waals surface area (Å²) in [6.45, 7) is 6.18. The second-order valence-electron chi connectivity index (χ2n) is 6.51. The maximum Gasteiger partial charge on any atom is 0.226 e. The summed E-state index contributed by atoms with van der Waals surface area (Å²) in [4.78, 5) is 25.7. The van der Waals surface area contributed by atoms with Gasteiger partial charge in [-0.05, 0) is 53.4 Å². The Morgan fingerprint density at radius 1 is 1.31 bits per heavy atom. The van der Waals surface area contributed by atoms with Crippen LogP contribution in [0.2, 0.25) is 0 Å². The zero-order chi connectivity index (χ0) is 19.5. The number of halogens is 1. The van der Waals surface area contributed by atoms with Crippen LogP contribution in [0.1, 0.15) is 45.6 Å². The molecule has 1 heterocycles.